The minimum atomic E-state index is -0.444. The Kier molecular flexibility index (Phi) is 4.22. The van der Waals surface area contributed by atoms with Gasteiger partial charge in [-0.25, -0.2) is 4.39 Å². The summed E-state index contributed by atoms with van der Waals surface area (Å²) in [7, 11) is 0. The van der Waals surface area contributed by atoms with Crippen LogP contribution in [0, 0.1) is 5.82 Å². The zero-order valence-electron chi connectivity index (χ0n) is 13.6. The number of carbonyl (C=O) groups is 1. The molecule has 26 heavy (non-hydrogen) atoms. The Morgan fingerprint density at radius 3 is 2.77 bits per heavy atom. The van der Waals surface area contributed by atoms with Crippen molar-refractivity contribution in [3.05, 3.63) is 59.7 Å². The molecule has 7 nitrogen and oxygen atoms in total. The summed E-state index contributed by atoms with van der Waals surface area (Å²) in [6, 6.07) is 11.1. The zero-order chi connectivity index (χ0) is 17.9. The van der Waals surface area contributed by atoms with Crippen molar-refractivity contribution in [1.29, 1.82) is 0 Å². The fraction of sp³-hybridized carbons (Fsp3) is 0.167. The van der Waals surface area contributed by atoms with Crippen molar-refractivity contribution >= 4 is 5.91 Å². The van der Waals surface area contributed by atoms with Crippen LogP contribution in [0.3, 0.4) is 0 Å². The maximum absolute atomic E-state index is 13.7. The predicted octanol–water partition coefficient (Wildman–Crippen LogP) is 2.58. The van der Waals surface area contributed by atoms with Crippen LogP contribution >= 0.6 is 0 Å². The molecule has 0 saturated heterocycles. The monoisotopic (exact) mass is 355 g/mol. The molecule has 4 rings (SSSR count). The van der Waals surface area contributed by atoms with E-state index in [4.69, 9.17) is 14.0 Å². The van der Waals surface area contributed by atoms with Crippen molar-refractivity contribution in [3.63, 3.8) is 0 Å². The average Bonchev–Trinajstić information content (AvgIpc) is 3.15. The van der Waals surface area contributed by atoms with Crippen molar-refractivity contribution in [3.8, 4) is 22.9 Å². The van der Waals surface area contributed by atoms with Gasteiger partial charge in [0.2, 0.25) is 11.7 Å². The van der Waals surface area contributed by atoms with E-state index < -0.39 is 5.82 Å². The Bertz CT molecular complexity index is 957. The third kappa shape index (κ3) is 3.21. The fourth-order valence-electron chi connectivity index (χ4n) is 2.52. The van der Waals surface area contributed by atoms with Crippen molar-refractivity contribution in [2.24, 2.45) is 0 Å². The quantitative estimate of drug-likeness (QED) is 0.774. The molecule has 0 atom stereocenters. The van der Waals surface area contributed by atoms with E-state index in [2.05, 4.69) is 15.5 Å². The lowest BCUT2D eigenvalue weighted by Crippen LogP contribution is -2.23. The lowest BCUT2D eigenvalue weighted by Gasteiger charge is -2.18. The van der Waals surface area contributed by atoms with Crippen molar-refractivity contribution in [2.75, 3.05) is 13.2 Å². The van der Waals surface area contributed by atoms with Gasteiger partial charge in [0.1, 0.15) is 19.0 Å². The Morgan fingerprint density at radius 2 is 1.92 bits per heavy atom. The number of ether oxygens (including phenoxy) is 2. The molecule has 0 saturated carbocycles. The molecule has 1 aliphatic heterocycles. The van der Waals surface area contributed by atoms with E-state index in [-0.39, 0.29) is 29.7 Å². The molecule has 3 aromatic rings. The summed E-state index contributed by atoms with van der Waals surface area (Å²) in [5, 5.41) is 6.42. The Hall–Kier alpha value is -3.42. The van der Waals surface area contributed by atoms with Gasteiger partial charge in [0.25, 0.3) is 5.91 Å². The van der Waals surface area contributed by atoms with Gasteiger partial charge in [0.05, 0.1) is 12.1 Å². The van der Waals surface area contributed by atoms with Crippen LogP contribution in [-0.2, 0) is 6.54 Å². The maximum atomic E-state index is 13.7. The lowest BCUT2D eigenvalue weighted by atomic mass is 10.2. The number of carbonyl (C=O) groups excluding carboxylic acids is 1. The third-order valence-corrected chi connectivity index (χ3v) is 3.79. The molecule has 8 heteroatoms. The van der Waals surface area contributed by atoms with E-state index in [1.165, 1.54) is 6.07 Å². The van der Waals surface area contributed by atoms with Gasteiger partial charge in [0, 0.05) is 5.56 Å². The van der Waals surface area contributed by atoms with Gasteiger partial charge >= 0.3 is 0 Å². The summed E-state index contributed by atoms with van der Waals surface area (Å²) in [5.74, 6) is 0.677. The second kappa shape index (κ2) is 6.83. The van der Waals surface area contributed by atoms with E-state index in [0.29, 0.717) is 30.3 Å². The highest BCUT2D eigenvalue weighted by Gasteiger charge is 2.16. The minimum Gasteiger partial charge on any atom is -0.486 e. The molecular weight excluding hydrogens is 341 g/mol. The summed E-state index contributed by atoms with van der Waals surface area (Å²) < 4.78 is 29.7. The molecule has 2 heterocycles. The lowest BCUT2D eigenvalue weighted by molar-refractivity contribution is 0.0945. The van der Waals surface area contributed by atoms with Crippen LogP contribution in [0.2, 0.25) is 0 Å². The highest BCUT2D eigenvalue weighted by Crippen LogP contribution is 2.30. The second-order valence-electron chi connectivity index (χ2n) is 5.53. The van der Waals surface area contributed by atoms with Gasteiger partial charge in [-0.15, -0.1) is 0 Å². The van der Waals surface area contributed by atoms with Crippen molar-refractivity contribution in [1.82, 2.24) is 15.5 Å². The number of rotatable bonds is 4. The van der Waals surface area contributed by atoms with E-state index >= 15 is 0 Å². The number of benzene rings is 2. The summed E-state index contributed by atoms with van der Waals surface area (Å²) in [4.78, 5) is 16.4. The maximum Gasteiger partial charge on any atom is 0.251 e. The Morgan fingerprint density at radius 1 is 1.12 bits per heavy atom. The number of hydrogen-bond acceptors (Lipinski definition) is 6. The van der Waals surface area contributed by atoms with Crippen LogP contribution < -0.4 is 14.8 Å². The summed E-state index contributed by atoms with van der Waals surface area (Å²) in [5.41, 5.74) is 0.656. The number of nitrogens with one attached hydrogen (secondary N) is 1. The second-order valence-corrected chi connectivity index (χ2v) is 5.53. The molecule has 0 aliphatic carbocycles. The van der Waals surface area contributed by atoms with Crippen LogP contribution in [0.5, 0.6) is 11.5 Å². The number of hydrogen-bond donors (Lipinski definition) is 1. The molecular formula is C18H14FN3O4. The number of nitrogens with zero attached hydrogens (tertiary/aromatic N) is 2. The summed E-state index contributed by atoms with van der Waals surface area (Å²) in [6.07, 6.45) is 0. The van der Waals surface area contributed by atoms with Crippen molar-refractivity contribution < 1.29 is 23.2 Å². The standard InChI is InChI=1S/C18H14FN3O4/c19-13-4-2-1-3-12(13)17-21-16(26-22-17)10-20-18(23)11-5-6-14-15(9-11)25-8-7-24-14/h1-6,9H,7-8,10H2,(H,20,23). The number of amides is 1. The number of aromatic nitrogens is 2. The van der Waals surface area contributed by atoms with E-state index in [1.807, 2.05) is 0 Å². The molecule has 1 amide bonds. The Labute approximate surface area is 147 Å². The molecule has 0 unspecified atom stereocenters. The van der Waals surface area contributed by atoms with Gasteiger partial charge < -0.3 is 19.3 Å². The highest BCUT2D eigenvalue weighted by molar-refractivity contribution is 5.94. The van der Waals surface area contributed by atoms with Gasteiger partial charge in [-0.1, -0.05) is 17.3 Å². The largest absolute Gasteiger partial charge is 0.486 e. The first-order valence-electron chi connectivity index (χ1n) is 7.96. The molecule has 132 valence electrons. The molecule has 1 aromatic heterocycles. The van der Waals surface area contributed by atoms with E-state index in [0.717, 1.165) is 0 Å². The fourth-order valence-corrected chi connectivity index (χ4v) is 2.52. The molecule has 0 radical (unpaired) electrons. The summed E-state index contributed by atoms with van der Waals surface area (Å²) in [6.45, 7) is 0.952. The molecule has 1 aliphatic rings. The van der Waals surface area contributed by atoms with Crippen LogP contribution in [0.4, 0.5) is 4.39 Å². The number of halogens is 1. The first-order valence-corrected chi connectivity index (χ1v) is 7.96. The zero-order valence-corrected chi connectivity index (χ0v) is 13.6. The molecule has 0 spiro atoms. The van der Waals surface area contributed by atoms with E-state index in [1.54, 1.807) is 36.4 Å². The van der Waals surface area contributed by atoms with Gasteiger partial charge in [-0.2, -0.15) is 4.98 Å². The van der Waals surface area contributed by atoms with Gasteiger partial charge in [-0.05, 0) is 30.3 Å². The first kappa shape index (κ1) is 16.1. The minimum absolute atomic E-state index is 0.0225. The van der Waals surface area contributed by atoms with Gasteiger partial charge in [-0.3, -0.25) is 4.79 Å². The van der Waals surface area contributed by atoms with Crippen LogP contribution in [-0.4, -0.2) is 29.3 Å². The molecule has 2 aromatic carbocycles. The average molecular weight is 355 g/mol. The highest BCUT2D eigenvalue weighted by atomic mass is 19.1. The third-order valence-electron chi connectivity index (χ3n) is 3.79. The SMILES string of the molecule is O=C(NCc1nc(-c2ccccc2F)no1)c1ccc2c(c1)OCCO2. The topological polar surface area (TPSA) is 86.5 Å². The predicted molar refractivity (Wildman–Crippen MR) is 88.3 cm³/mol. The molecule has 0 bridgehead atoms. The first-order chi connectivity index (χ1) is 12.7. The smallest absolute Gasteiger partial charge is 0.251 e. The number of fused-ring (bicyclic) bond motifs is 1. The van der Waals surface area contributed by atoms with E-state index in [9.17, 15) is 9.18 Å². The molecule has 1 N–H and O–H groups in total. The summed E-state index contributed by atoms with van der Waals surface area (Å²) >= 11 is 0. The van der Waals surface area contributed by atoms with Crippen LogP contribution in [0.15, 0.2) is 47.0 Å². The van der Waals surface area contributed by atoms with Crippen molar-refractivity contribution in [2.45, 2.75) is 6.54 Å². The van der Waals surface area contributed by atoms with Crippen LogP contribution in [0.1, 0.15) is 16.2 Å². The van der Waals surface area contributed by atoms with Crippen LogP contribution in [0.25, 0.3) is 11.4 Å². The normalized spacial score (nSPS) is 12.7. The van der Waals surface area contributed by atoms with Gasteiger partial charge in [0.15, 0.2) is 11.5 Å². The molecule has 0 fully saturated rings. The Balaban J connectivity index is 1.43.